The van der Waals surface area contributed by atoms with Gasteiger partial charge in [0.15, 0.2) is 0 Å². The van der Waals surface area contributed by atoms with Crippen molar-refractivity contribution in [3.63, 3.8) is 0 Å². The average Bonchev–Trinajstić information content (AvgIpc) is 3.01. The summed E-state index contributed by atoms with van der Waals surface area (Å²) in [6.07, 6.45) is 1.88. The average molecular weight is 555 g/mol. The molecule has 4 aromatic rings. The quantitative estimate of drug-likeness (QED) is 0.308. The molecule has 10 heteroatoms. The number of pyridine rings is 1. The number of fused-ring (bicyclic) bond motifs is 1. The van der Waals surface area contributed by atoms with Gasteiger partial charge < -0.3 is 24.8 Å². The van der Waals surface area contributed by atoms with Crippen LogP contribution in [0.3, 0.4) is 0 Å². The first kappa shape index (κ1) is 27.8. The maximum Gasteiger partial charge on any atom is 0.337 e. The highest BCUT2D eigenvalue weighted by atomic mass is 16.5. The summed E-state index contributed by atoms with van der Waals surface area (Å²) in [6.45, 7) is 4.08. The van der Waals surface area contributed by atoms with Gasteiger partial charge in [0, 0.05) is 42.5 Å². The molecule has 1 aromatic heterocycles. The van der Waals surface area contributed by atoms with Crippen LogP contribution in [0.4, 0.5) is 16.2 Å². The van der Waals surface area contributed by atoms with Gasteiger partial charge >= 0.3 is 18.0 Å². The van der Waals surface area contributed by atoms with Crippen molar-refractivity contribution in [3.05, 3.63) is 89.7 Å². The number of aromatic nitrogens is 1. The Bertz CT molecular complexity index is 1550. The molecule has 2 amide bonds. The van der Waals surface area contributed by atoms with Gasteiger partial charge in [0.25, 0.3) is 0 Å². The number of morpholine rings is 1. The van der Waals surface area contributed by atoms with Gasteiger partial charge in [-0.25, -0.2) is 14.4 Å². The predicted octanol–water partition coefficient (Wildman–Crippen LogP) is 4.95. The van der Waals surface area contributed by atoms with Gasteiger partial charge in [0.05, 0.1) is 49.9 Å². The zero-order valence-electron chi connectivity index (χ0n) is 22.8. The molecule has 2 heterocycles. The summed E-state index contributed by atoms with van der Waals surface area (Å²) in [4.78, 5) is 44.2. The molecule has 0 bridgehead atoms. The van der Waals surface area contributed by atoms with E-state index in [-0.39, 0.29) is 16.8 Å². The Balaban J connectivity index is 1.36. The Kier molecular flexibility index (Phi) is 8.52. The lowest BCUT2D eigenvalue weighted by molar-refractivity contribution is 0.0336. The lowest BCUT2D eigenvalue weighted by Gasteiger charge is -2.26. The fourth-order valence-corrected chi connectivity index (χ4v) is 4.78. The maximum atomic E-state index is 13.0. The third-order valence-electron chi connectivity index (χ3n) is 6.83. The second-order valence-corrected chi connectivity index (χ2v) is 9.49. The fourth-order valence-electron chi connectivity index (χ4n) is 4.78. The van der Waals surface area contributed by atoms with Crippen molar-refractivity contribution in [2.45, 2.75) is 6.54 Å². The van der Waals surface area contributed by atoms with Crippen molar-refractivity contribution in [2.24, 2.45) is 0 Å². The minimum Gasteiger partial charge on any atom is -0.465 e. The van der Waals surface area contributed by atoms with Gasteiger partial charge in [0.1, 0.15) is 0 Å². The largest absolute Gasteiger partial charge is 0.465 e. The van der Waals surface area contributed by atoms with Crippen molar-refractivity contribution in [3.8, 4) is 11.1 Å². The molecule has 1 aliphatic heterocycles. The van der Waals surface area contributed by atoms with E-state index in [9.17, 15) is 14.4 Å². The number of carbonyl (C=O) groups excluding carboxylic acids is 3. The van der Waals surface area contributed by atoms with E-state index < -0.39 is 18.0 Å². The van der Waals surface area contributed by atoms with E-state index in [0.29, 0.717) is 5.69 Å². The number of hydrogen-bond acceptors (Lipinski definition) is 8. The van der Waals surface area contributed by atoms with Gasteiger partial charge in [-0.05, 0) is 41.3 Å². The molecule has 1 aliphatic rings. The zero-order valence-corrected chi connectivity index (χ0v) is 22.8. The van der Waals surface area contributed by atoms with Gasteiger partial charge in [-0.2, -0.15) is 0 Å². The second kappa shape index (κ2) is 12.6. The van der Waals surface area contributed by atoms with Crippen molar-refractivity contribution >= 4 is 40.1 Å². The predicted molar refractivity (Wildman–Crippen MR) is 155 cm³/mol. The number of urea groups is 1. The Morgan fingerprint density at radius 2 is 1.54 bits per heavy atom. The summed E-state index contributed by atoms with van der Waals surface area (Å²) < 4.78 is 15.0. The first-order chi connectivity index (χ1) is 19.9. The van der Waals surface area contributed by atoms with Crippen LogP contribution in [0.5, 0.6) is 0 Å². The van der Waals surface area contributed by atoms with Crippen molar-refractivity contribution in [1.82, 2.24) is 9.88 Å². The van der Waals surface area contributed by atoms with Gasteiger partial charge in [0.2, 0.25) is 0 Å². The number of anilines is 2. The summed E-state index contributed by atoms with van der Waals surface area (Å²) in [5.41, 5.74) is 3.99. The van der Waals surface area contributed by atoms with Crippen molar-refractivity contribution in [1.29, 1.82) is 0 Å². The Morgan fingerprint density at radius 1 is 0.854 bits per heavy atom. The molecule has 0 aliphatic carbocycles. The highest BCUT2D eigenvalue weighted by Gasteiger charge is 2.16. The monoisotopic (exact) mass is 554 g/mol. The van der Waals surface area contributed by atoms with E-state index in [0.717, 1.165) is 60.4 Å². The van der Waals surface area contributed by atoms with E-state index in [1.165, 1.54) is 32.4 Å². The second-order valence-electron chi connectivity index (χ2n) is 9.49. The van der Waals surface area contributed by atoms with Crippen LogP contribution in [-0.2, 0) is 20.8 Å². The number of carbonyl (C=O) groups is 3. The summed E-state index contributed by atoms with van der Waals surface area (Å²) in [5.74, 6) is -1.30. The number of nitrogens with zero attached hydrogens (tertiary/aromatic N) is 2. The van der Waals surface area contributed by atoms with Crippen molar-refractivity contribution in [2.75, 3.05) is 51.2 Å². The van der Waals surface area contributed by atoms with Crippen LogP contribution in [0.1, 0.15) is 26.4 Å². The molecular formula is C31H30N4O6. The third-order valence-corrected chi connectivity index (χ3v) is 6.83. The van der Waals surface area contributed by atoms with E-state index >= 15 is 0 Å². The van der Waals surface area contributed by atoms with Gasteiger partial charge in [-0.1, -0.05) is 36.4 Å². The number of benzene rings is 3. The molecule has 2 N–H and O–H groups in total. The zero-order chi connectivity index (χ0) is 28.8. The summed E-state index contributed by atoms with van der Waals surface area (Å²) in [5, 5.41) is 7.37. The summed E-state index contributed by atoms with van der Waals surface area (Å²) in [6, 6.07) is 19.3. The first-order valence-corrected chi connectivity index (χ1v) is 13.1. The molecule has 5 rings (SSSR count). The van der Waals surface area contributed by atoms with Crippen LogP contribution in [0.25, 0.3) is 21.9 Å². The normalized spacial score (nSPS) is 13.4. The van der Waals surface area contributed by atoms with Crippen LogP contribution >= 0.6 is 0 Å². The van der Waals surface area contributed by atoms with E-state index in [2.05, 4.69) is 21.6 Å². The Labute approximate surface area is 237 Å². The van der Waals surface area contributed by atoms with Gasteiger partial charge in [-0.3, -0.25) is 9.88 Å². The van der Waals surface area contributed by atoms with Crippen molar-refractivity contribution < 1.29 is 28.6 Å². The van der Waals surface area contributed by atoms with E-state index in [1.807, 2.05) is 48.7 Å². The minimum absolute atomic E-state index is 0.102. The first-order valence-electron chi connectivity index (χ1n) is 13.1. The Morgan fingerprint density at radius 3 is 2.17 bits per heavy atom. The highest BCUT2D eigenvalue weighted by Crippen LogP contribution is 2.33. The molecule has 1 saturated heterocycles. The number of rotatable bonds is 7. The molecule has 0 saturated carbocycles. The molecule has 10 nitrogen and oxygen atoms in total. The molecule has 1 fully saturated rings. The molecule has 0 unspecified atom stereocenters. The number of esters is 2. The SMILES string of the molecule is COC(=O)c1cc(NC(=O)Nc2ccc(-c3ccc(CN4CCOCC4)nc3)c3ccccc23)cc(C(=O)OC)c1. The van der Waals surface area contributed by atoms with E-state index in [1.54, 1.807) is 0 Å². The van der Waals surface area contributed by atoms with Crippen LogP contribution in [-0.4, -0.2) is 68.4 Å². The van der Waals surface area contributed by atoms with Gasteiger partial charge in [-0.15, -0.1) is 0 Å². The molecule has 41 heavy (non-hydrogen) atoms. The summed E-state index contributed by atoms with van der Waals surface area (Å²) >= 11 is 0. The summed E-state index contributed by atoms with van der Waals surface area (Å²) in [7, 11) is 2.47. The van der Waals surface area contributed by atoms with Crippen LogP contribution in [0, 0.1) is 0 Å². The number of methoxy groups -OCH3 is 2. The lowest BCUT2D eigenvalue weighted by atomic mass is 9.98. The van der Waals surface area contributed by atoms with Crippen LogP contribution < -0.4 is 10.6 Å². The Hall–Kier alpha value is -4.80. The lowest BCUT2D eigenvalue weighted by Crippen LogP contribution is -2.35. The number of amides is 2. The molecular weight excluding hydrogens is 524 g/mol. The van der Waals surface area contributed by atoms with Crippen LogP contribution in [0.2, 0.25) is 0 Å². The minimum atomic E-state index is -0.649. The standard InChI is InChI=1S/C31H30N4O6/c1-39-29(36)21-15-22(30(37)40-2)17-24(16-21)33-31(38)34-28-10-9-25(26-5-3-4-6-27(26)28)20-7-8-23(32-18-20)19-35-11-13-41-14-12-35/h3-10,15-18H,11-14,19H2,1-2H3,(H2,33,34,38). The van der Waals surface area contributed by atoms with E-state index in [4.69, 9.17) is 19.2 Å². The molecule has 0 radical (unpaired) electrons. The number of hydrogen-bond donors (Lipinski definition) is 2. The number of nitrogens with one attached hydrogen (secondary N) is 2. The fraction of sp³-hybridized carbons (Fsp3) is 0.226. The number of ether oxygens (including phenoxy) is 3. The highest BCUT2D eigenvalue weighted by molar-refractivity contribution is 6.10. The molecule has 0 atom stereocenters. The molecule has 0 spiro atoms. The smallest absolute Gasteiger partial charge is 0.337 e. The molecule has 3 aromatic carbocycles. The topological polar surface area (TPSA) is 119 Å². The molecule has 210 valence electrons. The van der Waals surface area contributed by atoms with Crippen LogP contribution in [0.15, 0.2) is 72.9 Å². The third kappa shape index (κ3) is 6.51. The maximum absolute atomic E-state index is 13.0.